The summed E-state index contributed by atoms with van der Waals surface area (Å²) >= 11 is 0. The van der Waals surface area contributed by atoms with Crippen molar-refractivity contribution in [2.24, 2.45) is 0 Å². The van der Waals surface area contributed by atoms with Crippen LogP contribution in [-0.2, 0) is 9.53 Å². The number of ether oxygens (including phenoxy) is 1. The van der Waals surface area contributed by atoms with Gasteiger partial charge in [0, 0.05) is 18.8 Å². The van der Waals surface area contributed by atoms with Gasteiger partial charge in [0.1, 0.15) is 0 Å². The molecule has 2 aromatic rings. The van der Waals surface area contributed by atoms with E-state index in [1.165, 1.54) is 5.56 Å². The molecule has 0 atom stereocenters. The Morgan fingerprint density at radius 3 is 2.46 bits per heavy atom. The van der Waals surface area contributed by atoms with E-state index < -0.39 is 0 Å². The summed E-state index contributed by atoms with van der Waals surface area (Å²) < 4.78 is 5.42. The van der Waals surface area contributed by atoms with Gasteiger partial charge in [-0.3, -0.25) is 4.79 Å². The number of carbonyl (C=O) groups excluding carboxylic acids is 1. The SMILES string of the molecule is CC(C)c1ccc(NC(=O)CNc2ccccc2N2CCOCC2)cc1. The Hall–Kier alpha value is -2.53. The predicted octanol–water partition coefficient (Wildman–Crippen LogP) is 3.70. The summed E-state index contributed by atoms with van der Waals surface area (Å²) in [6, 6.07) is 16.1. The highest BCUT2D eigenvalue weighted by Gasteiger charge is 2.14. The number of carbonyl (C=O) groups is 1. The fourth-order valence-electron chi connectivity index (χ4n) is 3.04. The van der Waals surface area contributed by atoms with Gasteiger partial charge in [-0.2, -0.15) is 0 Å². The minimum atomic E-state index is -0.0564. The second kappa shape index (κ2) is 8.72. The molecule has 0 aliphatic carbocycles. The quantitative estimate of drug-likeness (QED) is 0.831. The van der Waals surface area contributed by atoms with E-state index in [0.717, 1.165) is 43.4 Å². The Labute approximate surface area is 155 Å². The van der Waals surface area contributed by atoms with E-state index in [0.29, 0.717) is 5.92 Å². The van der Waals surface area contributed by atoms with Crippen molar-refractivity contribution in [3.8, 4) is 0 Å². The number of para-hydroxylation sites is 2. The zero-order valence-corrected chi connectivity index (χ0v) is 15.5. The van der Waals surface area contributed by atoms with E-state index in [-0.39, 0.29) is 12.5 Å². The fraction of sp³-hybridized carbons (Fsp3) is 0.381. The molecule has 1 amide bonds. The first kappa shape index (κ1) is 18.3. The molecule has 0 bridgehead atoms. The van der Waals surface area contributed by atoms with Crippen LogP contribution in [0.15, 0.2) is 48.5 Å². The minimum absolute atomic E-state index is 0.0564. The molecule has 0 spiro atoms. The molecular formula is C21H27N3O2. The molecule has 26 heavy (non-hydrogen) atoms. The van der Waals surface area contributed by atoms with Crippen molar-refractivity contribution in [1.82, 2.24) is 0 Å². The summed E-state index contributed by atoms with van der Waals surface area (Å²) in [5.41, 5.74) is 4.17. The number of morpholine rings is 1. The Morgan fingerprint density at radius 1 is 1.08 bits per heavy atom. The number of nitrogens with zero attached hydrogens (tertiary/aromatic N) is 1. The average Bonchev–Trinajstić information content (AvgIpc) is 2.68. The van der Waals surface area contributed by atoms with Crippen LogP contribution in [0.3, 0.4) is 0 Å². The van der Waals surface area contributed by atoms with Gasteiger partial charge < -0.3 is 20.3 Å². The number of rotatable bonds is 6. The summed E-state index contributed by atoms with van der Waals surface area (Å²) in [5, 5.41) is 6.21. The van der Waals surface area contributed by atoms with E-state index >= 15 is 0 Å². The van der Waals surface area contributed by atoms with Gasteiger partial charge in [0.25, 0.3) is 0 Å². The lowest BCUT2D eigenvalue weighted by molar-refractivity contribution is -0.114. The fourth-order valence-corrected chi connectivity index (χ4v) is 3.04. The van der Waals surface area contributed by atoms with Crippen molar-refractivity contribution < 1.29 is 9.53 Å². The van der Waals surface area contributed by atoms with E-state index in [1.54, 1.807) is 0 Å². The Balaban J connectivity index is 1.57. The van der Waals surface area contributed by atoms with Gasteiger partial charge in [0.15, 0.2) is 0 Å². The first-order valence-corrected chi connectivity index (χ1v) is 9.19. The summed E-state index contributed by atoms with van der Waals surface area (Å²) in [4.78, 5) is 14.6. The molecule has 0 unspecified atom stereocenters. The standard InChI is InChI=1S/C21H27N3O2/c1-16(2)17-7-9-18(10-8-17)23-21(25)15-22-19-5-3-4-6-20(19)24-11-13-26-14-12-24/h3-10,16,22H,11-15H2,1-2H3,(H,23,25). The van der Waals surface area contributed by atoms with Crippen molar-refractivity contribution in [3.63, 3.8) is 0 Å². The number of hydrogen-bond acceptors (Lipinski definition) is 4. The highest BCUT2D eigenvalue weighted by Crippen LogP contribution is 2.26. The van der Waals surface area contributed by atoms with Crippen LogP contribution in [0.1, 0.15) is 25.3 Å². The molecule has 1 fully saturated rings. The van der Waals surface area contributed by atoms with Crippen LogP contribution in [0, 0.1) is 0 Å². The summed E-state index contributed by atoms with van der Waals surface area (Å²) in [6.45, 7) is 7.75. The summed E-state index contributed by atoms with van der Waals surface area (Å²) in [7, 11) is 0. The van der Waals surface area contributed by atoms with Gasteiger partial charge in [-0.1, -0.05) is 38.1 Å². The van der Waals surface area contributed by atoms with Crippen LogP contribution in [0.25, 0.3) is 0 Å². The molecule has 5 nitrogen and oxygen atoms in total. The molecule has 1 heterocycles. The largest absolute Gasteiger partial charge is 0.378 e. The molecule has 1 aliphatic heterocycles. The van der Waals surface area contributed by atoms with Crippen molar-refractivity contribution in [2.75, 3.05) is 48.4 Å². The molecule has 0 radical (unpaired) electrons. The maximum atomic E-state index is 12.3. The van der Waals surface area contributed by atoms with E-state index in [1.807, 2.05) is 30.3 Å². The second-order valence-corrected chi connectivity index (χ2v) is 6.80. The van der Waals surface area contributed by atoms with Crippen LogP contribution in [-0.4, -0.2) is 38.8 Å². The number of nitrogens with one attached hydrogen (secondary N) is 2. The maximum Gasteiger partial charge on any atom is 0.243 e. The predicted molar refractivity (Wildman–Crippen MR) is 107 cm³/mol. The summed E-state index contributed by atoms with van der Waals surface area (Å²) in [6.07, 6.45) is 0. The van der Waals surface area contributed by atoms with Crippen molar-refractivity contribution in [1.29, 1.82) is 0 Å². The van der Waals surface area contributed by atoms with Crippen LogP contribution in [0.5, 0.6) is 0 Å². The smallest absolute Gasteiger partial charge is 0.243 e. The van der Waals surface area contributed by atoms with Crippen LogP contribution in [0.4, 0.5) is 17.1 Å². The van der Waals surface area contributed by atoms with Gasteiger partial charge in [-0.15, -0.1) is 0 Å². The third-order valence-electron chi connectivity index (χ3n) is 4.56. The third kappa shape index (κ3) is 4.76. The molecule has 0 aromatic heterocycles. The van der Waals surface area contributed by atoms with E-state index in [2.05, 4.69) is 47.6 Å². The van der Waals surface area contributed by atoms with Crippen molar-refractivity contribution in [2.45, 2.75) is 19.8 Å². The zero-order valence-electron chi connectivity index (χ0n) is 15.5. The topological polar surface area (TPSA) is 53.6 Å². The first-order chi connectivity index (χ1) is 12.6. The Morgan fingerprint density at radius 2 is 1.77 bits per heavy atom. The molecule has 1 saturated heterocycles. The molecule has 2 aromatic carbocycles. The second-order valence-electron chi connectivity index (χ2n) is 6.80. The molecule has 5 heteroatoms. The van der Waals surface area contributed by atoms with E-state index in [9.17, 15) is 4.79 Å². The molecular weight excluding hydrogens is 326 g/mol. The van der Waals surface area contributed by atoms with Gasteiger partial charge in [0.2, 0.25) is 5.91 Å². The number of anilines is 3. The monoisotopic (exact) mass is 353 g/mol. The lowest BCUT2D eigenvalue weighted by Crippen LogP contribution is -2.36. The Kier molecular flexibility index (Phi) is 6.12. The number of hydrogen-bond donors (Lipinski definition) is 2. The molecule has 138 valence electrons. The number of amides is 1. The maximum absolute atomic E-state index is 12.3. The van der Waals surface area contributed by atoms with Crippen molar-refractivity contribution in [3.05, 3.63) is 54.1 Å². The lowest BCUT2D eigenvalue weighted by atomic mass is 10.0. The van der Waals surface area contributed by atoms with Gasteiger partial charge >= 0.3 is 0 Å². The van der Waals surface area contributed by atoms with Crippen LogP contribution in [0.2, 0.25) is 0 Å². The Bertz CT molecular complexity index is 722. The van der Waals surface area contributed by atoms with E-state index in [4.69, 9.17) is 4.74 Å². The molecule has 0 saturated carbocycles. The molecule has 2 N–H and O–H groups in total. The van der Waals surface area contributed by atoms with Gasteiger partial charge in [-0.05, 0) is 35.7 Å². The lowest BCUT2D eigenvalue weighted by Gasteiger charge is -2.30. The normalized spacial score (nSPS) is 14.3. The highest BCUT2D eigenvalue weighted by atomic mass is 16.5. The molecule has 3 rings (SSSR count). The minimum Gasteiger partial charge on any atom is -0.378 e. The highest BCUT2D eigenvalue weighted by molar-refractivity contribution is 5.94. The third-order valence-corrected chi connectivity index (χ3v) is 4.56. The van der Waals surface area contributed by atoms with Gasteiger partial charge in [-0.25, -0.2) is 0 Å². The molecule has 1 aliphatic rings. The average molecular weight is 353 g/mol. The van der Waals surface area contributed by atoms with Crippen LogP contribution >= 0.6 is 0 Å². The summed E-state index contributed by atoms with van der Waals surface area (Å²) in [5.74, 6) is 0.428. The first-order valence-electron chi connectivity index (χ1n) is 9.19. The number of benzene rings is 2. The van der Waals surface area contributed by atoms with Gasteiger partial charge in [0.05, 0.1) is 31.1 Å². The zero-order chi connectivity index (χ0) is 18.4. The van der Waals surface area contributed by atoms with Crippen LogP contribution < -0.4 is 15.5 Å². The van der Waals surface area contributed by atoms with Crippen molar-refractivity contribution >= 4 is 23.0 Å².